The van der Waals surface area contributed by atoms with Crippen molar-refractivity contribution in [1.29, 1.82) is 0 Å². The summed E-state index contributed by atoms with van der Waals surface area (Å²) in [6.45, 7) is 3.78. The zero-order valence-corrected chi connectivity index (χ0v) is 18.7. The Balaban J connectivity index is 1.39. The van der Waals surface area contributed by atoms with Gasteiger partial charge in [-0.15, -0.1) is 0 Å². The molecular formula is C25H33N3O4. The molecule has 32 heavy (non-hydrogen) atoms. The Kier molecular flexibility index (Phi) is 9.37. The van der Waals surface area contributed by atoms with Crippen molar-refractivity contribution in [3.63, 3.8) is 0 Å². The highest BCUT2D eigenvalue weighted by atomic mass is 16.5. The lowest BCUT2D eigenvalue weighted by Crippen LogP contribution is -2.36. The standard InChI is InChI=1S/C25H33N3O4/c1-2-31-16-17-32-23-14-12-22(13-15-23)27-24(29)18-26-20-10-8-19(9-11-20)25(30)28-21-6-4-3-5-7-21/h8-15,21,26H,2-7,16-18H2,1H3,(H,27,29)(H,28,30). The van der Waals surface area contributed by atoms with Crippen LogP contribution in [0.5, 0.6) is 5.75 Å². The van der Waals surface area contributed by atoms with Gasteiger partial charge in [-0.1, -0.05) is 19.3 Å². The van der Waals surface area contributed by atoms with E-state index in [2.05, 4.69) is 16.0 Å². The first-order valence-electron chi connectivity index (χ1n) is 11.4. The van der Waals surface area contributed by atoms with E-state index in [0.29, 0.717) is 31.1 Å². The highest BCUT2D eigenvalue weighted by Gasteiger charge is 2.16. The van der Waals surface area contributed by atoms with E-state index in [-0.39, 0.29) is 24.4 Å². The summed E-state index contributed by atoms with van der Waals surface area (Å²) in [4.78, 5) is 24.6. The predicted molar refractivity (Wildman–Crippen MR) is 126 cm³/mol. The van der Waals surface area contributed by atoms with E-state index in [1.165, 1.54) is 19.3 Å². The number of ether oxygens (including phenoxy) is 2. The summed E-state index contributed by atoms with van der Waals surface area (Å²) in [5.74, 6) is 0.536. The second kappa shape index (κ2) is 12.7. The molecule has 1 aliphatic rings. The van der Waals surface area contributed by atoms with Crippen LogP contribution in [0.3, 0.4) is 0 Å². The predicted octanol–water partition coefficient (Wildman–Crippen LogP) is 4.22. The Morgan fingerprint density at radius 1 is 0.906 bits per heavy atom. The molecule has 0 saturated heterocycles. The van der Waals surface area contributed by atoms with Crippen molar-refractivity contribution in [2.45, 2.75) is 45.1 Å². The molecule has 1 fully saturated rings. The quantitative estimate of drug-likeness (QED) is 0.456. The summed E-state index contributed by atoms with van der Waals surface area (Å²) >= 11 is 0. The van der Waals surface area contributed by atoms with Crippen LogP contribution in [0.4, 0.5) is 11.4 Å². The minimum Gasteiger partial charge on any atom is -0.491 e. The summed E-state index contributed by atoms with van der Waals surface area (Å²) < 4.78 is 10.8. The van der Waals surface area contributed by atoms with Crippen LogP contribution in [0, 0.1) is 0 Å². The maximum absolute atomic E-state index is 12.4. The Morgan fingerprint density at radius 2 is 1.59 bits per heavy atom. The Labute approximate surface area is 189 Å². The average molecular weight is 440 g/mol. The van der Waals surface area contributed by atoms with Gasteiger partial charge in [0.25, 0.3) is 5.91 Å². The largest absolute Gasteiger partial charge is 0.491 e. The molecule has 0 spiro atoms. The molecule has 1 saturated carbocycles. The zero-order valence-electron chi connectivity index (χ0n) is 18.7. The van der Waals surface area contributed by atoms with Crippen molar-refractivity contribution >= 4 is 23.2 Å². The lowest BCUT2D eigenvalue weighted by molar-refractivity contribution is -0.114. The summed E-state index contributed by atoms with van der Waals surface area (Å²) in [6, 6.07) is 14.7. The van der Waals surface area contributed by atoms with Crippen LogP contribution in [-0.2, 0) is 9.53 Å². The zero-order chi connectivity index (χ0) is 22.6. The van der Waals surface area contributed by atoms with Crippen molar-refractivity contribution in [3.8, 4) is 5.75 Å². The molecule has 0 aromatic heterocycles. The number of benzene rings is 2. The van der Waals surface area contributed by atoms with E-state index >= 15 is 0 Å². The summed E-state index contributed by atoms with van der Waals surface area (Å²) in [5.41, 5.74) is 2.12. The number of rotatable bonds is 11. The molecule has 0 unspecified atom stereocenters. The fraction of sp³-hybridized carbons (Fsp3) is 0.440. The third-order valence-electron chi connectivity index (χ3n) is 5.38. The van der Waals surface area contributed by atoms with Gasteiger partial charge >= 0.3 is 0 Å². The average Bonchev–Trinajstić information content (AvgIpc) is 2.82. The first-order valence-corrected chi connectivity index (χ1v) is 11.4. The fourth-order valence-corrected chi connectivity index (χ4v) is 3.64. The molecule has 172 valence electrons. The summed E-state index contributed by atoms with van der Waals surface area (Å²) in [5, 5.41) is 9.04. The van der Waals surface area contributed by atoms with E-state index in [1.54, 1.807) is 24.3 Å². The van der Waals surface area contributed by atoms with Crippen LogP contribution in [0.1, 0.15) is 49.4 Å². The Morgan fingerprint density at radius 3 is 2.28 bits per heavy atom. The van der Waals surface area contributed by atoms with Gasteiger partial charge in [0.1, 0.15) is 12.4 Å². The van der Waals surface area contributed by atoms with Gasteiger partial charge in [0.05, 0.1) is 13.2 Å². The van der Waals surface area contributed by atoms with Crippen LogP contribution in [0.15, 0.2) is 48.5 Å². The fourth-order valence-electron chi connectivity index (χ4n) is 3.64. The van der Waals surface area contributed by atoms with E-state index in [9.17, 15) is 9.59 Å². The van der Waals surface area contributed by atoms with Crippen molar-refractivity contribution in [3.05, 3.63) is 54.1 Å². The maximum atomic E-state index is 12.4. The number of carbonyl (C=O) groups excluding carboxylic acids is 2. The lowest BCUT2D eigenvalue weighted by Gasteiger charge is -2.22. The third-order valence-corrected chi connectivity index (χ3v) is 5.38. The highest BCUT2D eigenvalue weighted by molar-refractivity contribution is 5.95. The molecule has 0 heterocycles. The van der Waals surface area contributed by atoms with Crippen molar-refractivity contribution < 1.29 is 19.1 Å². The molecule has 3 rings (SSSR count). The van der Waals surface area contributed by atoms with Gasteiger partial charge in [-0.2, -0.15) is 0 Å². The van der Waals surface area contributed by atoms with E-state index in [1.807, 2.05) is 31.2 Å². The third kappa shape index (κ3) is 7.89. The lowest BCUT2D eigenvalue weighted by atomic mass is 9.95. The van der Waals surface area contributed by atoms with Gasteiger partial charge in [0.15, 0.2) is 0 Å². The number of carbonyl (C=O) groups is 2. The maximum Gasteiger partial charge on any atom is 0.251 e. The SMILES string of the molecule is CCOCCOc1ccc(NC(=O)CNc2ccc(C(=O)NC3CCCCC3)cc2)cc1. The van der Waals surface area contributed by atoms with Gasteiger partial charge in [-0.05, 0) is 68.3 Å². The van der Waals surface area contributed by atoms with Gasteiger partial charge < -0.3 is 25.4 Å². The van der Waals surface area contributed by atoms with Crippen LogP contribution in [0.25, 0.3) is 0 Å². The molecule has 1 aliphatic carbocycles. The molecule has 2 aromatic carbocycles. The number of hydrogen-bond acceptors (Lipinski definition) is 5. The highest BCUT2D eigenvalue weighted by Crippen LogP contribution is 2.18. The first-order chi connectivity index (χ1) is 15.6. The van der Waals surface area contributed by atoms with Crippen LogP contribution in [0.2, 0.25) is 0 Å². The first kappa shape index (κ1) is 23.6. The normalized spacial score (nSPS) is 13.9. The summed E-state index contributed by atoms with van der Waals surface area (Å²) in [6.07, 6.45) is 5.74. The van der Waals surface area contributed by atoms with Crippen molar-refractivity contribution in [2.75, 3.05) is 37.0 Å². The minimum absolute atomic E-state index is 0.0356. The molecule has 0 radical (unpaired) electrons. The van der Waals surface area contributed by atoms with Gasteiger partial charge in [-0.3, -0.25) is 9.59 Å². The number of amides is 2. The Hall–Kier alpha value is -3.06. The van der Waals surface area contributed by atoms with Crippen molar-refractivity contribution in [2.24, 2.45) is 0 Å². The molecule has 0 atom stereocenters. The Bertz CT molecular complexity index is 846. The molecule has 7 nitrogen and oxygen atoms in total. The number of nitrogens with one attached hydrogen (secondary N) is 3. The van der Waals surface area contributed by atoms with Gasteiger partial charge in [0.2, 0.25) is 5.91 Å². The molecule has 0 aliphatic heterocycles. The van der Waals surface area contributed by atoms with Crippen LogP contribution in [-0.4, -0.2) is 44.2 Å². The summed E-state index contributed by atoms with van der Waals surface area (Å²) in [7, 11) is 0. The smallest absolute Gasteiger partial charge is 0.251 e. The van der Waals surface area contributed by atoms with Crippen LogP contribution >= 0.6 is 0 Å². The van der Waals surface area contributed by atoms with E-state index in [4.69, 9.17) is 9.47 Å². The van der Waals surface area contributed by atoms with Crippen molar-refractivity contribution in [1.82, 2.24) is 5.32 Å². The molecule has 0 bridgehead atoms. The molecule has 2 amide bonds. The number of hydrogen-bond donors (Lipinski definition) is 3. The molecule has 7 heteroatoms. The van der Waals surface area contributed by atoms with E-state index < -0.39 is 0 Å². The second-order valence-corrected chi connectivity index (χ2v) is 7.86. The second-order valence-electron chi connectivity index (χ2n) is 7.86. The van der Waals surface area contributed by atoms with Gasteiger partial charge in [0, 0.05) is 29.6 Å². The van der Waals surface area contributed by atoms with Gasteiger partial charge in [-0.25, -0.2) is 0 Å². The number of anilines is 2. The topological polar surface area (TPSA) is 88.7 Å². The molecule has 2 aromatic rings. The monoisotopic (exact) mass is 439 g/mol. The molecule has 3 N–H and O–H groups in total. The van der Waals surface area contributed by atoms with Crippen LogP contribution < -0.4 is 20.7 Å². The molecular weight excluding hydrogens is 406 g/mol. The minimum atomic E-state index is -0.158. The van der Waals surface area contributed by atoms with E-state index in [0.717, 1.165) is 24.3 Å².